The van der Waals surface area contributed by atoms with Gasteiger partial charge < -0.3 is 10.2 Å². The normalized spacial score (nSPS) is 18.4. The highest BCUT2D eigenvalue weighted by Gasteiger charge is 2.22. The minimum absolute atomic E-state index is 0.356. The van der Waals surface area contributed by atoms with Crippen molar-refractivity contribution in [2.45, 2.75) is 65.5 Å². The lowest BCUT2D eigenvalue weighted by Crippen LogP contribution is -2.32. The topological polar surface area (TPSA) is 46.9 Å². The lowest BCUT2D eigenvalue weighted by Gasteiger charge is -2.31. The van der Waals surface area contributed by atoms with Gasteiger partial charge in [-0.3, -0.25) is 9.80 Å². The van der Waals surface area contributed by atoms with Crippen LogP contribution >= 0.6 is 0 Å². The highest BCUT2D eigenvalue weighted by molar-refractivity contribution is 5.75. The van der Waals surface area contributed by atoms with Crippen LogP contribution in [0.2, 0.25) is 0 Å². The van der Waals surface area contributed by atoms with Crippen LogP contribution < -0.4 is 0 Å². The molecule has 2 heterocycles. The number of phenolic OH excluding ortho intramolecular Hbond substituents is 2. The maximum absolute atomic E-state index is 11.5. The number of hydrogen-bond acceptors (Lipinski definition) is 4. The number of benzene rings is 2. The van der Waals surface area contributed by atoms with Gasteiger partial charge in [-0.2, -0.15) is 0 Å². The molecule has 36 heavy (non-hydrogen) atoms. The van der Waals surface area contributed by atoms with Crippen LogP contribution in [0.4, 0.5) is 0 Å². The van der Waals surface area contributed by atoms with Crippen molar-refractivity contribution in [2.24, 2.45) is 11.8 Å². The predicted octanol–water partition coefficient (Wildman–Crippen LogP) is 6.69. The lowest BCUT2D eigenvalue weighted by atomic mass is 9.92. The number of aromatic hydroxyl groups is 2. The minimum atomic E-state index is 0.356. The number of piperidine rings is 2. The second-order valence-electron chi connectivity index (χ2n) is 11.2. The number of nitrogens with zero attached hydrogens (tertiary/aromatic N) is 2. The molecule has 0 spiro atoms. The van der Waals surface area contributed by atoms with E-state index in [0.717, 1.165) is 90.9 Å². The standard InChI is InChI=1S/C32H44N2O2/c1-5-7-25-17-28(21-33-13-9-23(3)10-14-33)32(36)30(18-25)27-19-26(8-6-2)31(35)29(20-27)22-34-15-11-24(4)12-16-34/h5-6,17-20,23-24,35-36H,1-2,7-16,21-22H2,3-4H3. The third-order valence-corrected chi connectivity index (χ3v) is 8.11. The van der Waals surface area contributed by atoms with Gasteiger partial charge in [-0.15, -0.1) is 13.2 Å². The van der Waals surface area contributed by atoms with Gasteiger partial charge in [-0.1, -0.05) is 32.1 Å². The zero-order chi connectivity index (χ0) is 25.7. The van der Waals surface area contributed by atoms with Crippen molar-refractivity contribution in [3.05, 3.63) is 71.8 Å². The number of phenols is 2. The van der Waals surface area contributed by atoms with E-state index in [-0.39, 0.29) is 0 Å². The van der Waals surface area contributed by atoms with Crippen molar-refractivity contribution in [3.63, 3.8) is 0 Å². The molecule has 0 aliphatic carbocycles. The Morgan fingerprint density at radius 2 is 1.22 bits per heavy atom. The minimum Gasteiger partial charge on any atom is -0.507 e. The number of hydrogen-bond donors (Lipinski definition) is 2. The fourth-order valence-corrected chi connectivity index (χ4v) is 5.65. The Kier molecular flexibility index (Phi) is 8.92. The molecular weight excluding hydrogens is 444 g/mol. The Balaban J connectivity index is 1.71. The van der Waals surface area contributed by atoms with Gasteiger partial charge in [0.2, 0.25) is 0 Å². The molecule has 2 aromatic carbocycles. The highest BCUT2D eigenvalue weighted by atomic mass is 16.3. The largest absolute Gasteiger partial charge is 0.507 e. The first-order valence-electron chi connectivity index (χ1n) is 13.7. The van der Waals surface area contributed by atoms with E-state index in [1.54, 1.807) is 0 Å². The van der Waals surface area contributed by atoms with Crippen molar-refractivity contribution in [1.29, 1.82) is 0 Å². The van der Waals surface area contributed by atoms with Crippen LogP contribution in [0.1, 0.15) is 61.8 Å². The Labute approximate surface area is 218 Å². The molecule has 0 radical (unpaired) electrons. The Morgan fingerprint density at radius 1 is 0.722 bits per heavy atom. The van der Waals surface area contributed by atoms with Gasteiger partial charge in [0.25, 0.3) is 0 Å². The van der Waals surface area contributed by atoms with Crippen LogP contribution in [0, 0.1) is 11.8 Å². The molecule has 2 aliphatic rings. The summed E-state index contributed by atoms with van der Waals surface area (Å²) in [5.74, 6) is 2.26. The first-order chi connectivity index (χ1) is 17.4. The smallest absolute Gasteiger partial charge is 0.127 e. The van der Waals surface area contributed by atoms with E-state index >= 15 is 0 Å². The molecule has 0 bridgehead atoms. The van der Waals surface area contributed by atoms with E-state index in [4.69, 9.17) is 0 Å². The first-order valence-corrected chi connectivity index (χ1v) is 13.7. The van der Waals surface area contributed by atoms with Gasteiger partial charge in [0.05, 0.1) is 0 Å². The quantitative estimate of drug-likeness (QED) is 0.386. The third-order valence-electron chi connectivity index (χ3n) is 8.11. The van der Waals surface area contributed by atoms with Gasteiger partial charge in [0.1, 0.15) is 11.5 Å². The average molecular weight is 489 g/mol. The fourth-order valence-electron chi connectivity index (χ4n) is 5.65. The zero-order valence-corrected chi connectivity index (χ0v) is 22.3. The average Bonchev–Trinajstić information content (AvgIpc) is 2.86. The second-order valence-corrected chi connectivity index (χ2v) is 11.2. The fraction of sp³-hybridized carbons (Fsp3) is 0.500. The molecule has 0 unspecified atom stereocenters. The van der Waals surface area contributed by atoms with Crippen molar-refractivity contribution in [1.82, 2.24) is 9.80 Å². The van der Waals surface area contributed by atoms with E-state index in [9.17, 15) is 10.2 Å². The van der Waals surface area contributed by atoms with Crippen molar-refractivity contribution >= 4 is 0 Å². The summed E-state index contributed by atoms with van der Waals surface area (Å²) < 4.78 is 0. The number of rotatable bonds is 9. The predicted molar refractivity (Wildman–Crippen MR) is 150 cm³/mol. The maximum atomic E-state index is 11.5. The van der Waals surface area contributed by atoms with Crippen LogP contribution in [0.15, 0.2) is 49.6 Å². The highest BCUT2D eigenvalue weighted by Crippen LogP contribution is 2.39. The summed E-state index contributed by atoms with van der Waals surface area (Å²) >= 11 is 0. The second kappa shape index (κ2) is 12.1. The molecule has 4 rings (SSSR count). The lowest BCUT2D eigenvalue weighted by molar-refractivity contribution is 0.183. The van der Waals surface area contributed by atoms with Crippen molar-refractivity contribution in [3.8, 4) is 22.6 Å². The third kappa shape index (κ3) is 6.41. The van der Waals surface area contributed by atoms with Crippen molar-refractivity contribution < 1.29 is 10.2 Å². The Bertz CT molecular complexity index is 1060. The molecule has 4 nitrogen and oxygen atoms in total. The molecule has 2 N–H and O–H groups in total. The summed E-state index contributed by atoms with van der Waals surface area (Å²) in [6, 6.07) is 8.34. The van der Waals surface area contributed by atoms with Crippen LogP contribution in [-0.2, 0) is 25.9 Å². The molecule has 4 heteroatoms. The monoisotopic (exact) mass is 488 g/mol. The molecule has 0 amide bonds. The van der Waals surface area contributed by atoms with Crippen LogP contribution in [0.3, 0.4) is 0 Å². The van der Waals surface area contributed by atoms with Crippen molar-refractivity contribution in [2.75, 3.05) is 26.2 Å². The van der Waals surface area contributed by atoms with E-state index in [0.29, 0.717) is 17.9 Å². The summed E-state index contributed by atoms with van der Waals surface area (Å²) in [5, 5.41) is 22.6. The van der Waals surface area contributed by atoms with Crippen LogP contribution in [-0.4, -0.2) is 46.2 Å². The molecule has 2 saturated heterocycles. The molecule has 2 fully saturated rings. The summed E-state index contributed by atoms with van der Waals surface area (Å²) in [4.78, 5) is 4.90. The summed E-state index contributed by atoms with van der Waals surface area (Å²) in [5.41, 5.74) is 5.73. The molecule has 2 aromatic rings. The molecule has 0 atom stereocenters. The summed E-state index contributed by atoms with van der Waals surface area (Å²) in [6.07, 6.45) is 9.92. The van der Waals surface area contributed by atoms with Gasteiger partial charge in [0, 0.05) is 29.8 Å². The van der Waals surface area contributed by atoms with E-state index in [1.165, 1.54) is 25.7 Å². The van der Waals surface area contributed by atoms with Gasteiger partial charge in [-0.25, -0.2) is 0 Å². The summed E-state index contributed by atoms with van der Waals surface area (Å²) in [7, 11) is 0. The van der Waals surface area contributed by atoms with E-state index in [2.05, 4.69) is 55.0 Å². The zero-order valence-electron chi connectivity index (χ0n) is 22.3. The van der Waals surface area contributed by atoms with E-state index < -0.39 is 0 Å². The van der Waals surface area contributed by atoms with Gasteiger partial charge in [-0.05, 0) is 111 Å². The molecule has 0 aromatic heterocycles. The van der Waals surface area contributed by atoms with Gasteiger partial charge >= 0.3 is 0 Å². The van der Waals surface area contributed by atoms with Crippen LogP contribution in [0.5, 0.6) is 11.5 Å². The molecule has 0 saturated carbocycles. The molecular formula is C32H44N2O2. The molecule has 2 aliphatic heterocycles. The summed E-state index contributed by atoms with van der Waals surface area (Å²) in [6.45, 7) is 18.2. The van der Waals surface area contributed by atoms with Gasteiger partial charge in [0.15, 0.2) is 0 Å². The Hall–Kier alpha value is -2.56. The SMILES string of the molecule is C=CCc1cc(CN2CCC(C)CC2)c(O)c(-c2cc(CC=C)c(O)c(CN3CCC(C)CC3)c2)c1. The first kappa shape index (κ1) is 26.5. The maximum Gasteiger partial charge on any atom is 0.127 e. The van der Waals surface area contributed by atoms with Crippen LogP contribution in [0.25, 0.3) is 11.1 Å². The Morgan fingerprint density at radius 3 is 1.75 bits per heavy atom. The van der Waals surface area contributed by atoms with E-state index in [1.807, 2.05) is 18.2 Å². The molecule has 194 valence electrons. The number of allylic oxidation sites excluding steroid dienone is 2. The number of likely N-dealkylation sites (tertiary alicyclic amines) is 2.